The van der Waals surface area contributed by atoms with Gasteiger partial charge in [-0.15, -0.1) is 23.2 Å². The molecule has 0 atom stereocenters. The van der Waals surface area contributed by atoms with Gasteiger partial charge < -0.3 is 26.6 Å². The fourth-order valence-electron chi connectivity index (χ4n) is 2.12. The Balaban J connectivity index is 0. The molecule has 0 aromatic carbocycles. The quantitative estimate of drug-likeness (QED) is 0.282. The summed E-state index contributed by atoms with van der Waals surface area (Å²) in [5.74, 6) is 1.24. The zero-order chi connectivity index (χ0) is 19.6. The van der Waals surface area contributed by atoms with Crippen molar-refractivity contribution < 1.29 is 26.6 Å². The van der Waals surface area contributed by atoms with E-state index in [1.165, 1.54) is 0 Å². The number of alkyl halides is 2. The Labute approximate surface area is 166 Å². The van der Waals surface area contributed by atoms with E-state index in [1.807, 2.05) is 20.8 Å². The smallest absolute Gasteiger partial charge is 0.377 e. The van der Waals surface area contributed by atoms with Crippen LogP contribution < -0.4 is 0 Å². The molecular formula is C15H36Cl2O6Si2. The van der Waals surface area contributed by atoms with Crippen molar-refractivity contribution in [2.24, 2.45) is 0 Å². The highest BCUT2D eigenvalue weighted by Crippen LogP contribution is 2.18. The molecule has 0 spiro atoms. The van der Waals surface area contributed by atoms with Crippen molar-refractivity contribution in [2.75, 3.05) is 52.9 Å². The third-order valence-corrected chi connectivity index (χ3v) is 9.78. The topological polar surface area (TPSA) is 55.4 Å². The number of hydrogen-bond donors (Lipinski definition) is 0. The van der Waals surface area contributed by atoms with Gasteiger partial charge in [0, 0.05) is 65.0 Å². The first-order valence-corrected chi connectivity index (χ1v) is 13.6. The second-order valence-corrected chi connectivity index (χ2v) is 11.4. The molecule has 25 heavy (non-hydrogen) atoms. The number of halogens is 2. The monoisotopic (exact) mass is 438 g/mol. The zero-order valence-electron chi connectivity index (χ0n) is 16.6. The predicted molar refractivity (Wildman–Crippen MR) is 108 cm³/mol. The van der Waals surface area contributed by atoms with Crippen LogP contribution in [-0.2, 0) is 26.6 Å². The van der Waals surface area contributed by atoms with Crippen LogP contribution in [0.1, 0.15) is 33.6 Å². The molecular weight excluding hydrogens is 403 g/mol. The van der Waals surface area contributed by atoms with E-state index < -0.39 is 17.6 Å². The van der Waals surface area contributed by atoms with Gasteiger partial charge in [0.05, 0.1) is 0 Å². The molecule has 0 heterocycles. The normalized spacial score (nSPS) is 12.0. The van der Waals surface area contributed by atoms with Crippen LogP contribution in [0.4, 0.5) is 0 Å². The molecule has 0 radical (unpaired) electrons. The fourth-order valence-corrected chi connectivity index (χ4v) is 7.17. The Morgan fingerprint density at radius 1 is 0.600 bits per heavy atom. The highest BCUT2D eigenvalue weighted by Gasteiger charge is 2.39. The lowest BCUT2D eigenvalue weighted by atomic mass is 10.6. The molecule has 0 aliphatic carbocycles. The lowest BCUT2D eigenvalue weighted by Gasteiger charge is -2.28. The minimum absolute atomic E-state index is 0.616. The van der Waals surface area contributed by atoms with Crippen molar-refractivity contribution in [3.05, 3.63) is 0 Å². The minimum Gasteiger partial charge on any atom is -0.377 e. The van der Waals surface area contributed by atoms with E-state index in [-0.39, 0.29) is 0 Å². The summed E-state index contributed by atoms with van der Waals surface area (Å²) in [4.78, 5) is 0. The zero-order valence-corrected chi connectivity index (χ0v) is 20.1. The summed E-state index contributed by atoms with van der Waals surface area (Å²) < 4.78 is 32.5. The first kappa shape index (κ1) is 28.0. The van der Waals surface area contributed by atoms with E-state index in [0.29, 0.717) is 31.6 Å². The van der Waals surface area contributed by atoms with Crippen molar-refractivity contribution in [1.29, 1.82) is 0 Å². The summed E-state index contributed by atoms with van der Waals surface area (Å²) in [6.07, 6.45) is 1.75. The van der Waals surface area contributed by atoms with Crippen molar-refractivity contribution >= 4 is 40.8 Å². The van der Waals surface area contributed by atoms with Crippen LogP contribution in [0.2, 0.25) is 12.1 Å². The Kier molecular flexibility index (Phi) is 20.3. The van der Waals surface area contributed by atoms with Crippen LogP contribution in [0.15, 0.2) is 0 Å². The molecule has 0 saturated carbocycles. The van der Waals surface area contributed by atoms with Crippen LogP contribution >= 0.6 is 23.2 Å². The maximum Gasteiger partial charge on any atom is 0.500 e. The second-order valence-electron chi connectivity index (χ2n) is 4.86. The fraction of sp³-hybridized carbons (Fsp3) is 1.00. The molecule has 0 aromatic rings. The van der Waals surface area contributed by atoms with Gasteiger partial charge in [-0.3, -0.25) is 0 Å². The van der Waals surface area contributed by atoms with E-state index in [1.54, 1.807) is 21.3 Å². The number of rotatable bonds is 15. The SMILES string of the molecule is CCO[Si](CCCCl)(OCC)OCC.CO[Si](CCCCl)(OC)OC. The van der Waals surface area contributed by atoms with Crippen LogP contribution in [0, 0.1) is 0 Å². The molecule has 0 amide bonds. The van der Waals surface area contributed by atoms with Gasteiger partial charge in [0.15, 0.2) is 0 Å². The molecule has 0 bridgehead atoms. The van der Waals surface area contributed by atoms with Crippen LogP contribution in [0.5, 0.6) is 0 Å². The summed E-state index contributed by atoms with van der Waals surface area (Å²) in [6.45, 7) is 7.78. The molecule has 6 nitrogen and oxygen atoms in total. The highest BCUT2D eigenvalue weighted by molar-refractivity contribution is 6.61. The maximum absolute atomic E-state index is 5.66. The van der Waals surface area contributed by atoms with E-state index in [0.717, 1.165) is 24.9 Å². The molecule has 0 aromatic heterocycles. The van der Waals surface area contributed by atoms with Crippen LogP contribution in [0.3, 0.4) is 0 Å². The number of hydrogen-bond acceptors (Lipinski definition) is 6. The molecule has 0 N–H and O–H groups in total. The van der Waals surface area contributed by atoms with Gasteiger partial charge in [0.1, 0.15) is 0 Å². The molecule has 0 saturated heterocycles. The van der Waals surface area contributed by atoms with Gasteiger partial charge in [-0.05, 0) is 33.6 Å². The van der Waals surface area contributed by atoms with E-state index >= 15 is 0 Å². The summed E-state index contributed by atoms with van der Waals surface area (Å²) in [5.41, 5.74) is 0. The van der Waals surface area contributed by atoms with Gasteiger partial charge in [0.25, 0.3) is 0 Å². The molecule has 0 fully saturated rings. The lowest BCUT2D eigenvalue weighted by Crippen LogP contribution is -2.46. The lowest BCUT2D eigenvalue weighted by molar-refractivity contribution is 0.0712. The van der Waals surface area contributed by atoms with Crippen molar-refractivity contribution in [3.8, 4) is 0 Å². The molecule has 0 aliphatic heterocycles. The van der Waals surface area contributed by atoms with Crippen LogP contribution in [0.25, 0.3) is 0 Å². The average Bonchev–Trinajstić information content (AvgIpc) is 2.63. The van der Waals surface area contributed by atoms with Crippen molar-refractivity contribution in [1.82, 2.24) is 0 Å². The van der Waals surface area contributed by atoms with Gasteiger partial charge in [0.2, 0.25) is 0 Å². The van der Waals surface area contributed by atoms with Gasteiger partial charge in [-0.1, -0.05) is 0 Å². The van der Waals surface area contributed by atoms with Gasteiger partial charge in [-0.25, -0.2) is 0 Å². The maximum atomic E-state index is 5.66. The van der Waals surface area contributed by atoms with Gasteiger partial charge >= 0.3 is 17.6 Å². The molecule has 0 aliphatic rings. The third-order valence-electron chi connectivity index (χ3n) is 3.26. The van der Waals surface area contributed by atoms with Crippen LogP contribution in [-0.4, -0.2) is 70.5 Å². The average molecular weight is 440 g/mol. The summed E-state index contributed by atoms with van der Waals surface area (Å²) in [6, 6.07) is 1.59. The first-order chi connectivity index (χ1) is 12.0. The van der Waals surface area contributed by atoms with E-state index in [4.69, 9.17) is 49.8 Å². The summed E-state index contributed by atoms with van der Waals surface area (Å²) >= 11 is 11.2. The molecule has 10 heteroatoms. The minimum atomic E-state index is -2.40. The predicted octanol–water partition coefficient (Wildman–Crippen LogP) is 4.16. The third kappa shape index (κ3) is 12.7. The highest BCUT2D eigenvalue weighted by atomic mass is 35.5. The molecule has 0 rings (SSSR count). The molecule has 154 valence electrons. The first-order valence-electron chi connectivity index (χ1n) is 8.68. The Hall–Kier alpha value is 0.774. The largest absolute Gasteiger partial charge is 0.500 e. The Morgan fingerprint density at radius 2 is 0.920 bits per heavy atom. The van der Waals surface area contributed by atoms with Gasteiger partial charge in [-0.2, -0.15) is 0 Å². The summed E-state index contributed by atoms with van der Waals surface area (Å²) in [5, 5.41) is 0. The summed E-state index contributed by atoms with van der Waals surface area (Å²) in [7, 11) is 0.0901. The standard InChI is InChI=1S/C9H21ClO3Si.C6H15ClO3Si/c1-4-11-14(12-5-2,13-6-3)9-7-8-10;1-8-11(9-2,10-3)6-4-5-7/h4-9H2,1-3H3;4-6H2,1-3H3. The Bertz CT molecular complexity index is 261. The second kappa shape index (κ2) is 18.2. The van der Waals surface area contributed by atoms with E-state index in [2.05, 4.69) is 0 Å². The Morgan fingerprint density at radius 3 is 1.16 bits per heavy atom. The van der Waals surface area contributed by atoms with Crippen molar-refractivity contribution in [2.45, 2.75) is 45.7 Å². The molecule has 0 unspecified atom stereocenters. The van der Waals surface area contributed by atoms with E-state index in [9.17, 15) is 0 Å². The van der Waals surface area contributed by atoms with Crippen molar-refractivity contribution in [3.63, 3.8) is 0 Å².